The Morgan fingerprint density at radius 1 is 1.14 bits per heavy atom. The predicted octanol–water partition coefficient (Wildman–Crippen LogP) is 3.05. The van der Waals surface area contributed by atoms with Gasteiger partial charge in [0.05, 0.1) is 0 Å². The quantitative estimate of drug-likeness (QED) is 0.598. The maximum atomic E-state index is 7.88. The summed E-state index contributed by atoms with van der Waals surface area (Å²) in [6.45, 7) is 8.21. The maximum Gasteiger partial charge on any atom is 0.0428 e. The molecule has 0 aliphatic rings. The molecular formula is C11H27O2Y-. The third-order valence-electron chi connectivity index (χ3n) is 1.10. The Kier molecular flexibility index (Phi) is 50.7. The van der Waals surface area contributed by atoms with Crippen LogP contribution in [0.4, 0.5) is 0 Å². The van der Waals surface area contributed by atoms with Gasteiger partial charge in [0.2, 0.25) is 0 Å². The Hall–Kier alpha value is 1.02. The van der Waals surface area contributed by atoms with Crippen LogP contribution in [0.2, 0.25) is 0 Å². The Morgan fingerprint density at radius 2 is 1.64 bits per heavy atom. The largest absolute Gasteiger partial charge is 0.413 e. The minimum absolute atomic E-state index is 0. The van der Waals surface area contributed by atoms with Gasteiger partial charge in [0.1, 0.15) is 0 Å². The third kappa shape index (κ3) is 38.2. The fraction of sp³-hybridized carbons (Fsp3) is 0.909. The van der Waals surface area contributed by atoms with Gasteiger partial charge in [0, 0.05) is 45.9 Å². The van der Waals surface area contributed by atoms with Crippen molar-refractivity contribution in [3.63, 3.8) is 0 Å². The number of unbranched alkanes of at least 4 members (excludes halogenated alkanes) is 1. The maximum absolute atomic E-state index is 7.88. The van der Waals surface area contributed by atoms with Crippen molar-refractivity contribution in [3.8, 4) is 0 Å². The summed E-state index contributed by atoms with van der Waals surface area (Å²) in [6.07, 6.45) is 5.25. The predicted molar refractivity (Wildman–Crippen MR) is 59.8 cm³/mol. The van der Waals surface area contributed by atoms with Gasteiger partial charge < -0.3 is 16.3 Å². The molecule has 0 amide bonds. The smallest absolute Gasteiger partial charge is 0.0428 e. The molecule has 0 bridgehead atoms. The van der Waals surface area contributed by atoms with Crippen molar-refractivity contribution < 1.29 is 42.6 Å². The fourth-order valence-corrected chi connectivity index (χ4v) is 0.429. The molecule has 0 saturated heterocycles. The normalized spacial score (nSPS) is 7.71. The molecule has 0 aromatic rings. The third-order valence-corrected chi connectivity index (χ3v) is 1.10. The Morgan fingerprint density at radius 3 is 1.93 bits per heavy atom. The molecule has 1 radical (unpaired) electrons. The molecular weight excluding hydrogens is 253 g/mol. The van der Waals surface area contributed by atoms with Crippen LogP contribution in [0.1, 0.15) is 47.5 Å². The van der Waals surface area contributed by atoms with E-state index in [1.165, 1.54) is 0 Å². The number of aliphatic hydroxyl groups excluding tert-OH is 1. The van der Waals surface area contributed by atoms with Gasteiger partial charge in [-0.25, -0.2) is 0 Å². The van der Waals surface area contributed by atoms with Crippen molar-refractivity contribution in [1.29, 1.82) is 0 Å². The second kappa shape index (κ2) is 29.2. The van der Waals surface area contributed by atoms with Crippen molar-refractivity contribution >= 4 is 0 Å². The first kappa shape index (κ1) is 24.3. The molecule has 0 unspecified atom stereocenters. The zero-order valence-electron chi connectivity index (χ0n) is 9.25. The molecule has 0 aliphatic carbocycles. The van der Waals surface area contributed by atoms with Gasteiger partial charge in [-0.05, 0) is 12.8 Å². The van der Waals surface area contributed by atoms with Crippen molar-refractivity contribution in [3.05, 3.63) is 6.42 Å². The molecule has 0 fully saturated rings. The molecule has 0 aromatic carbocycles. The van der Waals surface area contributed by atoms with E-state index in [9.17, 15) is 0 Å². The Labute approximate surface area is 116 Å². The van der Waals surface area contributed by atoms with Gasteiger partial charge >= 0.3 is 0 Å². The van der Waals surface area contributed by atoms with Crippen LogP contribution in [0.15, 0.2) is 0 Å². The standard InChI is InChI=1S/C7H15O.C3H8O.CH4.Y/c1-3-5-7-8-6-4-2;1-2-3-4;;/h5H,3-4,6-7H2,1-2H3;4H,2-3H2,1H3;1H4;/q-1;;;. The Bertz CT molecular complexity index is 53.2. The molecule has 0 rings (SSSR count). The Balaban J connectivity index is -0.0000000733. The first-order valence-electron chi connectivity index (χ1n) is 4.83. The fourth-order valence-electron chi connectivity index (χ4n) is 0.429. The van der Waals surface area contributed by atoms with Crippen LogP contribution < -0.4 is 0 Å². The van der Waals surface area contributed by atoms with Crippen LogP contribution in [0.3, 0.4) is 0 Å². The van der Waals surface area contributed by atoms with Crippen molar-refractivity contribution in [2.45, 2.75) is 47.5 Å². The summed E-state index contributed by atoms with van der Waals surface area (Å²) in [5.41, 5.74) is 0. The first-order valence-corrected chi connectivity index (χ1v) is 4.83. The SMILES string of the molecule is C.CCCO.CC[CH-]COCCC.[Y]. The van der Waals surface area contributed by atoms with Gasteiger partial charge in [-0.2, -0.15) is 6.42 Å². The molecule has 0 spiro atoms. The summed E-state index contributed by atoms with van der Waals surface area (Å²) in [5, 5.41) is 7.88. The first-order chi connectivity index (χ1) is 5.83. The van der Waals surface area contributed by atoms with E-state index in [0.717, 1.165) is 32.5 Å². The number of ether oxygens (including phenoxy) is 1. The minimum atomic E-state index is 0. The number of hydrogen-bond acceptors (Lipinski definition) is 2. The number of aliphatic hydroxyl groups is 1. The van der Waals surface area contributed by atoms with Crippen molar-refractivity contribution in [1.82, 2.24) is 0 Å². The zero-order chi connectivity index (χ0) is 9.66. The van der Waals surface area contributed by atoms with Gasteiger partial charge in [-0.1, -0.05) is 34.8 Å². The molecule has 2 nitrogen and oxygen atoms in total. The minimum Gasteiger partial charge on any atom is -0.413 e. The molecule has 3 heteroatoms. The number of rotatable bonds is 6. The van der Waals surface area contributed by atoms with E-state index in [-0.39, 0.29) is 40.1 Å². The van der Waals surface area contributed by atoms with Gasteiger partial charge in [-0.3, -0.25) is 0 Å². The van der Waals surface area contributed by atoms with E-state index in [1.807, 2.05) is 6.92 Å². The van der Waals surface area contributed by atoms with Crippen LogP contribution in [-0.4, -0.2) is 24.9 Å². The van der Waals surface area contributed by atoms with E-state index < -0.39 is 0 Å². The van der Waals surface area contributed by atoms with Crippen LogP contribution in [-0.2, 0) is 37.4 Å². The molecule has 0 atom stereocenters. The summed E-state index contributed by atoms with van der Waals surface area (Å²) >= 11 is 0. The zero-order valence-corrected chi connectivity index (χ0v) is 12.1. The molecule has 87 valence electrons. The summed E-state index contributed by atoms with van der Waals surface area (Å²) in [6, 6.07) is 0. The monoisotopic (exact) mass is 280 g/mol. The van der Waals surface area contributed by atoms with Crippen LogP contribution in [0.25, 0.3) is 0 Å². The van der Waals surface area contributed by atoms with E-state index in [0.29, 0.717) is 6.61 Å². The summed E-state index contributed by atoms with van der Waals surface area (Å²) in [7, 11) is 0. The molecule has 1 N–H and O–H groups in total. The molecule has 0 heterocycles. The van der Waals surface area contributed by atoms with Crippen LogP contribution in [0, 0.1) is 6.42 Å². The summed E-state index contributed by atoms with van der Waals surface area (Å²) in [5.74, 6) is 0. The van der Waals surface area contributed by atoms with E-state index in [1.54, 1.807) is 0 Å². The molecule has 0 saturated carbocycles. The molecule has 14 heavy (non-hydrogen) atoms. The van der Waals surface area contributed by atoms with Crippen molar-refractivity contribution in [2.75, 3.05) is 19.8 Å². The molecule has 0 aliphatic heterocycles. The average molecular weight is 280 g/mol. The molecule has 0 aromatic heterocycles. The second-order valence-corrected chi connectivity index (χ2v) is 2.50. The van der Waals surface area contributed by atoms with Crippen LogP contribution in [0.5, 0.6) is 0 Å². The summed E-state index contributed by atoms with van der Waals surface area (Å²) in [4.78, 5) is 0. The summed E-state index contributed by atoms with van der Waals surface area (Å²) < 4.78 is 5.17. The average Bonchev–Trinajstić information content (AvgIpc) is 2.13. The van der Waals surface area contributed by atoms with Gasteiger partial charge in [0.15, 0.2) is 0 Å². The van der Waals surface area contributed by atoms with Crippen LogP contribution >= 0.6 is 0 Å². The van der Waals surface area contributed by atoms with Gasteiger partial charge in [0.25, 0.3) is 0 Å². The van der Waals surface area contributed by atoms with E-state index in [2.05, 4.69) is 20.3 Å². The number of hydrogen-bond donors (Lipinski definition) is 1. The topological polar surface area (TPSA) is 29.5 Å². The van der Waals surface area contributed by atoms with Crippen molar-refractivity contribution in [2.24, 2.45) is 0 Å². The van der Waals surface area contributed by atoms with E-state index >= 15 is 0 Å². The second-order valence-electron chi connectivity index (χ2n) is 2.50. The van der Waals surface area contributed by atoms with Gasteiger partial charge in [-0.15, -0.1) is 0 Å². The van der Waals surface area contributed by atoms with E-state index in [4.69, 9.17) is 9.84 Å².